The van der Waals surface area contributed by atoms with Crippen molar-refractivity contribution >= 4 is 0 Å². The van der Waals surface area contributed by atoms with Gasteiger partial charge in [-0.1, -0.05) is 6.08 Å². The molecule has 0 radical (unpaired) electrons. The number of fused-ring (bicyclic) bond motifs is 1. The van der Waals surface area contributed by atoms with Crippen molar-refractivity contribution in [1.29, 1.82) is 0 Å². The number of nitrogens with zero attached hydrogens (tertiary/aromatic N) is 4. The molecule has 0 aliphatic carbocycles. The second-order valence-corrected chi connectivity index (χ2v) is 4.56. The van der Waals surface area contributed by atoms with Gasteiger partial charge in [-0.05, 0) is 20.8 Å². The minimum atomic E-state index is -4.41. The summed E-state index contributed by atoms with van der Waals surface area (Å²) >= 11 is 0. The van der Waals surface area contributed by atoms with Gasteiger partial charge in [-0.15, -0.1) is 16.8 Å². The molecule has 0 amide bonds. The normalized spacial score (nSPS) is 15.7. The van der Waals surface area contributed by atoms with E-state index in [-0.39, 0.29) is 0 Å². The van der Waals surface area contributed by atoms with Crippen LogP contribution in [-0.2, 0) is 19.3 Å². The molecule has 0 spiro atoms. The van der Waals surface area contributed by atoms with Crippen LogP contribution in [0.2, 0.25) is 0 Å². The summed E-state index contributed by atoms with van der Waals surface area (Å²) < 4.78 is 38.7. The van der Waals surface area contributed by atoms with E-state index in [4.69, 9.17) is 0 Å². The minimum Gasteiger partial charge on any atom is -0.305 e. The van der Waals surface area contributed by atoms with Crippen molar-refractivity contribution in [3.63, 3.8) is 0 Å². The minimum absolute atomic E-state index is 0.301. The Kier molecular flexibility index (Phi) is 5.11. The van der Waals surface area contributed by atoms with Crippen molar-refractivity contribution in [2.75, 3.05) is 6.54 Å². The molecule has 1 aliphatic rings. The summed E-state index contributed by atoms with van der Waals surface area (Å²) in [6.07, 6.45) is -2.66. The molecule has 0 fully saturated rings. The molecule has 0 N–H and O–H groups in total. The Hall–Kier alpha value is -1.37. The predicted molar refractivity (Wildman–Crippen MR) is 66.4 cm³/mol. The summed E-state index contributed by atoms with van der Waals surface area (Å²) in [4.78, 5) is 2.07. The summed E-state index contributed by atoms with van der Waals surface area (Å²) in [5, 5.41) is 6.83. The molecule has 0 saturated carbocycles. The summed E-state index contributed by atoms with van der Waals surface area (Å²) in [5.74, 6) is -0.488. The third-order valence-electron chi connectivity index (χ3n) is 2.77. The van der Waals surface area contributed by atoms with Gasteiger partial charge in [0.2, 0.25) is 5.82 Å². The van der Waals surface area contributed by atoms with Gasteiger partial charge < -0.3 is 4.57 Å². The molecule has 4 nitrogen and oxygen atoms in total. The van der Waals surface area contributed by atoms with E-state index >= 15 is 0 Å². The van der Waals surface area contributed by atoms with Crippen LogP contribution in [0.15, 0.2) is 12.7 Å². The van der Waals surface area contributed by atoms with Gasteiger partial charge in [0.1, 0.15) is 5.82 Å². The first-order valence-corrected chi connectivity index (χ1v) is 6.11. The van der Waals surface area contributed by atoms with Crippen molar-refractivity contribution in [2.45, 2.75) is 46.1 Å². The highest BCUT2D eigenvalue weighted by atomic mass is 19.4. The quantitative estimate of drug-likeness (QED) is 0.740. The Morgan fingerprint density at radius 1 is 1.26 bits per heavy atom. The van der Waals surface area contributed by atoms with Gasteiger partial charge in [0, 0.05) is 19.1 Å². The number of allylic oxidation sites excluding steroid dienone is 1. The van der Waals surface area contributed by atoms with E-state index in [1.165, 1.54) is 4.57 Å². The van der Waals surface area contributed by atoms with E-state index < -0.39 is 12.0 Å². The number of aromatic nitrogens is 3. The first-order valence-electron chi connectivity index (χ1n) is 6.11. The van der Waals surface area contributed by atoms with Crippen LogP contribution in [0.1, 0.15) is 32.4 Å². The van der Waals surface area contributed by atoms with Crippen LogP contribution in [0.5, 0.6) is 0 Å². The van der Waals surface area contributed by atoms with Gasteiger partial charge in [-0.25, -0.2) is 0 Å². The zero-order valence-electron chi connectivity index (χ0n) is 11.4. The molecule has 19 heavy (non-hydrogen) atoms. The number of rotatable bonds is 1. The molecular formula is C12H19F3N4. The van der Waals surface area contributed by atoms with Gasteiger partial charge >= 0.3 is 6.18 Å². The lowest BCUT2D eigenvalue weighted by Gasteiger charge is -2.30. The zero-order valence-corrected chi connectivity index (χ0v) is 11.4. The smallest absolute Gasteiger partial charge is 0.305 e. The van der Waals surface area contributed by atoms with Crippen LogP contribution in [0.3, 0.4) is 0 Å². The molecule has 1 aliphatic heterocycles. The van der Waals surface area contributed by atoms with Gasteiger partial charge in [-0.3, -0.25) is 4.90 Å². The molecule has 0 bridgehead atoms. The third kappa shape index (κ3) is 3.79. The summed E-state index contributed by atoms with van der Waals surface area (Å²) in [6, 6.07) is 0.305. The van der Waals surface area contributed by atoms with Crippen LogP contribution >= 0.6 is 0 Å². The molecule has 2 heterocycles. The second-order valence-electron chi connectivity index (χ2n) is 4.56. The average Bonchev–Trinajstić information content (AvgIpc) is 2.71. The maximum Gasteiger partial charge on any atom is 0.451 e. The maximum atomic E-state index is 12.5. The Labute approximate surface area is 110 Å². The SMILES string of the molecule is C=CC.CC(C)N1CCn2c(nnc2C(F)(F)F)C1. The van der Waals surface area contributed by atoms with Crippen molar-refractivity contribution in [1.82, 2.24) is 19.7 Å². The van der Waals surface area contributed by atoms with E-state index in [1.54, 1.807) is 6.08 Å². The summed E-state index contributed by atoms with van der Waals surface area (Å²) in [5.41, 5.74) is 0. The first-order chi connectivity index (χ1) is 8.81. The molecule has 0 unspecified atom stereocenters. The zero-order chi connectivity index (χ0) is 14.6. The maximum absolute atomic E-state index is 12.5. The van der Waals surface area contributed by atoms with Crippen molar-refractivity contribution in [2.24, 2.45) is 0 Å². The Bertz CT molecular complexity index is 423. The number of alkyl halides is 3. The fourth-order valence-electron chi connectivity index (χ4n) is 1.83. The lowest BCUT2D eigenvalue weighted by atomic mass is 10.2. The van der Waals surface area contributed by atoms with Gasteiger partial charge in [-0.2, -0.15) is 13.2 Å². The van der Waals surface area contributed by atoms with E-state index in [9.17, 15) is 13.2 Å². The average molecular weight is 276 g/mol. The van der Waals surface area contributed by atoms with E-state index in [0.29, 0.717) is 31.5 Å². The first kappa shape index (κ1) is 15.7. The van der Waals surface area contributed by atoms with Gasteiger partial charge in [0.25, 0.3) is 0 Å². The van der Waals surface area contributed by atoms with Crippen molar-refractivity contribution < 1.29 is 13.2 Å². The predicted octanol–water partition coefficient (Wildman–Crippen LogP) is 2.71. The molecule has 1 aromatic rings. The third-order valence-corrected chi connectivity index (χ3v) is 2.77. The van der Waals surface area contributed by atoms with Crippen LogP contribution in [0.4, 0.5) is 13.2 Å². The molecule has 0 aromatic carbocycles. The Morgan fingerprint density at radius 3 is 2.32 bits per heavy atom. The van der Waals surface area contributed by atoms with Crippen molar-refractivity contribution in [3.05, 3.63) is 24.3 Å². The molecular weight excluding hydrogens is 257 g/mol. The molecule has 1 aromatic heterocycles. The number of hydrogen-bond donors (Lipinski definition) is 0. The molecule has 0 saturated heterocycles. The van der Waals surface area contributed by atoms with E-state index in [2.05, 4.69) is 21.7 Å². The Balaban J connectivity index is 0.000000550. The highest BCUT2D eigenvalue weighted by molar-refractivity contribution is 5.02. The van der Waals surface area contributed by atoms with Crippen LogP contribution in [-0.4, -0.2) is 32.3 Å². The number of halogens is 3. The molecule has 2 rings (SSSR count). The summed E-state index contributed by atoms with van der Waals surface area (Å²) in [6.45, 7) is 10.6. The van der Waals surface area contributed by atoms with Gasteiger partial charge in [0.05, 0.1) is 6.54 Å². The van der Waals surface area contributed by atoms with Gasteiger partial charge in [0.15, 0.2) is 0 Å². The largest absolute Gasteiger partial charge is 0.451 e. The standard InChI is InChI=1S/C9H13F3N4.C3H6/c1-6(2)15-3-4-16-7(5-15)13-14-8(16)9(10,11)12;1-3-2/h6H,3-5H2,1-2H3;3H,1H2,2H3. The van der Waals surface area contributed by atoms with E-state index in [1.807, 2.05) is 20.8 Å². The molecule has 7 heteroatoms. The molecule has 108 valence electrons. The summed E-state index contributed by atoms with van der Waals surface area (Å²) in [7, 11) is 0. The number of hydrogen-bond acceptors (Lipinski definition) is 3. The lowest BCUT2D eigenvalue weighted by Crippen LogP contribution is -2.39. The monoisotopic (exact) mass is 276 g/mol. The van der Waals surface area contributed by atoms with Crippen molar-refractivity contribution in [3.8, 4) is 0 Å². The highest BCUT2D eigenvalue weighted by Crippen LogP contribution is 2.29. The second kappa shape index (κ2) is 6.18. The Morgan fingerprint density at radius 2 is 1.84 bits per heavy atom. The van der Waals surface area contributed by atoms with Crippen LogP contribution < -0.4 is 0 Å². The highest BCUT2D eigenvalue weighted by Gasteiger charge is 2.39. The van der Waals surface area contributed by atoms with Crippen LogP contribution in [0.25, 0.3) is 0 Å². The van der Waals surface area contributed by atoms with E-state index in [0.717, 1.165) is 0 Å². The van der Waals surface area contributed by atoms with Crippen LogP contribution in [0, 0.1) is 0 Å². The fourth-order valence-corrected chi connectivity index (χ4v) is 1.83. The lowest BCUT2D eigenvalue weighted by molar-refractivity contribution is -0.148. The fraction of sp³-hybridized carbons (Fsp3) is 0.667. The molecule has 0 atom stereocenters. The topological polar surface area (TPSA) is 34.0 Å².